The van der Waals surface area contributed by atoms with Crippen LogP contribution in [0.25, 0.3) is 0 Å². The minimum absolute atomic E-state index is 0.00694. The Labute approximate surface area is 85.1 Å². The maximum atomic E-state index is 6.09. The highest BCUT2D eigenvalue weighted by Gasteiger charge is 2.13. The molecule has 0 saturated heterocycles. The van der Waals surface area contributed by atoms with E-state index in [9.17, 15) is 0 Å². The first-order valence-corrected chi connectivity index (χ1v) is 5.74. The van der Waals surface area contributed by atoms with E-state index in [2.05, 4.69) is 11.1 Å². The van der Waals surface area contributed by atoms with Gasteiger partial charge in [0, 0.05) is 9.75 Å². The van der Waals surface area contributed by atoms with Gasteiger partial charge >= 0.3 is 0 Å². The number of hydrogen-bond donors (Lipinski definition) is 1. The van der Waals surface area contributed by atoms with Crippen LogP contribution in [0.1, 0.15) is 21.5 Å². The molecule has 2 rings (SSSR count). The third kappa shape index (κ3) is 1.65. The van der Waals surface area contributed by atoms with Crippen LogP contribution in [0.4, 0.5) is 0 Å². The van der Waals surface area contributed by atoms with Crippen LogP contribution in [-0.4, -0.2) is 4.98 Å². The fraction of sp³-hybridized carbons (Fsp3) is 0.222. The standard InChI is InChI=1S/C9H10N2S2/c1-6-9(13-5-11-6)8(10)7-3-2-4-12-7/h2-5,8H,10H2,1H3. The number of nitrogens with two attached hydrogens (primary N) is 1. The van der Waals surface area contributed by atoms with Crippen LogP contribution in [0.3, 0.4) is 0 Å². The largest absolute Gasteiger partial charge is 0.319 e. The summed E-state index contributed by atoms with van der Waals surface area (Å²) in [5.74, 6) is 0. The zero-order valence-corrected chi connectivity index (χ0v) is 8.86. The summed E-state index contributed by atoms with van der Waals surface area (Å²) in [6, 6.07) is 4.09. The van der Waals surface area contributed by atoms with Crippen molar-refractivity contribution in [1.82, 2.24) is 4.98 Å². The number of thiophene rings is 1. The van der Waals surface area contributed by atoms with Crippen LogP contribution in [0.2, 0.25) is 0 Å². The predicted octanol–water partition coefficient (Wildman–Crippen LogP) is 2.56. The number of nitrogens with zero attached hydrogens (tertiary/aromatic N) is 1. The smallest absolute Gasteiger partial charge is 0.0798 e. The molecule has 2 aromatic rings. The number of aryl methyl sites for hydroxylation is 1. The van der Waals surface area contributed by atoms with Crippen LogP contribution >= 0.6 is 22.7 Å². The molecule has 13 heavy (non-hydrogen) atoms. The summed E-state index contributed by atoms with van der Waals surface area (Å²) in [5, 5.41) is 2.05. The Morgan fingerprint density at radius 2 is 2.31 bits per heavy atom. The molecule has 2 N–H and O–H groups in total. The molecule has 0 aromatic carbocycles. The minimum atomic E-state index is 0.00694. The van der Waals surface area contributed by atoms with Crippen LogP contribution in [-0.2, 0) is 0 Å². The third-order valence-electron chi connectivity index (χ3n) is 1.91. The second kappa shape index (κ2) is 3.57. The van der Waals surface area contributed by atoms with E-state index in [0.29, 0.717) is 0 Å². The zero-order valence-electron chi connectivity index (χ0n) is 7.23. The Bertz CT molecular complexity index is 378. The molecule has 0 fully saturated rings. The molecule has 1 atom stereocenters. The summed E-state index contributed by atoms with van der Waals surface area (Å²) in [6.45, 7) is 2.00. The van der Waals surface area contributed by atoms with Crippen molar-refractivity contribution in [2.75, 3.05) is 0 Å². The van der Waals surface area contributed by atoms with Gasteiger partial charge in [-0.2, -0.15) is 0 Å². The lowest BCUT2D eigenvalue weighted by Gasteiger charge is -2.06. The average Bonchev–Trinajstić information content (AvgIpc) is 2.72. The van der Waals surface area contributed by atoms with E-state index >= 15 is 0 Å². The maximum Gasteiger partial charge on any atom is 0.0798 e. The second-order valence-electron chi connectivity index (χ2n) is 2.80. The molecule has 0 radical (unpaired) electrons. The topological polar surface area (TPSA) is 38.9 Å². The van der Waals surface area contributed by atoms with Crippen molar-refractivity contribution in [2.24, 2.45) is 5.73 Å². The fourth-order valence-electron chi connectivity index (χ4n) is 1.21. The van der Waals surface area contributed by atoms with E-state index < -0.39 is 0 Å². The number of rotatable bonds is 2. The van der Waals surface area contributed by atoms with Crippen LogP contribution < -0.4 is 5.73 Å². The van der Waals surface area contributed by atoms with Crippen molar-refractivity contribution in [3.05, 3.63) is 38.5 Å². The Morgan fingerprint density at radius 1 is 1.46 bits per heavy atom. The van der Waals surface area contributed by atoms with E-state index in [0.717, 1.165) is 5.69 Å². The van der Waals surface area contributed by atoms with Crippen molar-refractivity contribution < 1.29 is 0 Å². The van der Waals surface area contributed by atoms with E-state index in [1.165, 1.54) is 9.75 Å². The van der Waals surface area contributed by atoms with Crippen molar-refractivity contribution in [2.45, 2.75) is 13.0 Å². The lowest BCUT2D eigenvalue weighted by molar-refractivity contribution is 0.899. The van der Waals surface area contributed by atoms with Gasteiger partial charge in [-0.05, 0) is 18.4 Å². The fourth-order valence-corrected chi connectivity index (χ4v) is 2.84. The highest BCUT2D eigenvalue weighted by molar-refractivity contribution is 7.11. The molecule has 2 heterocycles. The van der Waals surface area contributed by atoms with Crippen LogP contribution in [0.5, 0.6) is 0 Å². The number of hydrogen-bond acceptors (Lipinski definition) is 4. The Kier molecular flexibility index (Phi) is 2.44. The molecule has 0 saturated carbocycles. The van der Waals surface area contributed by atoms with Gasteiger partial charge in [-0.25, -0.2) is 4.98 Å². The minimum Gasteiger partial charge on any atom is -0.319 e. The highest BCUT2D eigenvalue weighted by atomic mass is 32.1. The summed E-state index contributed by atoms with van der Waals surface area (Å²) in [7, 11) is 0. The van der Waals surface area contributed by atoms with Gasteiger partial charge in [0.25, 0.3) is 0 Å². The molecule has 0 spiro atoms. The molecule has 0 aliphatic heterocycles. The lowest BCUT2D eigenvalue weighted by atomic mass is 10.2. The van der Waals surface area contributed by atoms with Crippen LogP contribution in [0, 0.1) is 6.92 Å². The molecular weight excluding hydrogens is 200 g/mol. The van der Waals surface area contributed by atoms with Gasteiger partial charge in [0.2, 0.25) is 0 Å². The van der Waals surface area contributed by atoms with Gasteiger partial charge in [0.05, 0.1) is 17.2 Å². The zero-order chi connectivity index (χ0) is 9.26. The SMILES string of the molecule is Cc1ncsc1C(N)c1cccs1. The van der Waals surface area contributed by atoms with E-state index in [1.807, 2.05) is 23.9 Å². The summed E-state index contributed by atoms with van der Waals surface area (Å²) in [5.41, 5.74) is 8.98. The third-order valence-corrected chi connectivity index (χ3v) is 3.88. The summed E-state index contributed by atoms with van der Waals surface area (Å²) in [4.78, 5) is 6.56. The molecule has 0 aliphatic rings. The van der Waals surface area contributed by atoms with Crippen molar-refractivity contribution in [1.29, 1.82) is 0 Å². The van der Waals surface area contributed by atoms with Gasteiger partial charge in [-0.1, -0.05) is 6.07 Å². The number of thiazole rings is 1. The van der Waals surface area contributed by atoms with Crippen molar-refractivity contribution >= 4 is 22.7 Å². The first-order valence-electron chi connectivity index (χ1n) is 3.98. The quantitative estimate of drug-likeness (QED) is 0.827. The first kappa shape index (κ1) is 8.87. The Morgan fingerprint density at radius 3 is 2.85 bits per heavy atom. The molecule has 68 valence electrons. The number of aromatic nitrogens is 1. The monoisotopic (exact) mass is 210 g/mol. The van der Waals surface area contributed by atoms with Crippen molar-refractivity contribution in [3.63, 3.8) is 0 Å². The Balaban J connectivity index is 2.33. The van der Waals surface area contributed by atoms with Gasteiger partial charge < -0.3 is 5.73 Å². The molecule has 0 bridgehead atoms. The van der Waals surface area contributed by atoms with Gasteiger partial charge in [-0.3, -0.25) is 0 Å². The lowest BCUT2D eigenvalue weighted by Crippen LogP contribution is -2.09. The van der Waals surface area contributed by atoms with Gasteiger partial charge in [0.1, 0.15) is 0 Å². The predicted molar refractivity (Wildman–Crippen MR) is 57.2 cm³/mol. The van der Waals surface area contributed by atoms with E-state index in [-0.39, 0.29) is 6.04 Å². The normalized spacial score (nSPS) is 13.1. The molecule has 2 nitrogen and oxygen atoms in total. The first-order chi connectivity index (χ1) is 6.29. The average molecular weight is 210 g/mol. The van der Waals surface area contributed by atoms with Gasteiger partial charge in [0.15, 0.2) is 0 Å². The molecule has 2 aromatic heterocycles. The second-order valence-corrected chi connectivity index (χ2v) is 4.66. The summed E-state index contributed by atoms with van der Waals surface area (Å²) < 4.78 is 0. The van der Waals surface area contributed by atoms with E-state index in [4.69, 9.17) is 5.73 Å². The molecular formula is C9H10N2S2. The van der Waals surface area contributed by atoms with Gasteiger partial charge in [-0.15, -0.1) is 22.7 Å². The van der Waals surface area contributed by atoms with Crippen LogP contribution in [0.15, 0.2) is 23.0 Å². The molecule has 0 aliphatic carbocycles. The van der Waals surface area contributed by atoms with Crippen molar-refractivity contribution in [3.8, 4) is 0 Å². The highest BCUT2D eigenvalue weighted by Crippen LogP contribution is 2.28. The summed E-state index contributed by atoms with van der Waals surface area (Å²) in [6.07, 6.45) is 0. The molecule has 0 amide bonds. The summed E-state index contributed by atoms with van der Waals surface area (Å²) >= 11 is 3.32. The molecule has 1 unspecified atom stereocenters. The Hall–Kier alpha value is -0.710. The van der Waals surface area contributed by atoms with E-state index in [1.54, 1.807) is 22.7 Å². The maximum absolute atomic E-state index is 6.09. The molecule has 4 heteroatoms.